The number of rotatable bonds is 4. The Balaban J connectivity index is 0.00000264. The van der Waals surface area contributed by atoms with Gasteiger partial charge in [-0.15, -0.1) is 12.4 Å². The van der Waals surface area contributed by atoms with Crippen LogP contribution in [0.4, 0.5) is 5.69 Å². The summed E-state index contributed by atoms with van der Waals surface area (Å²) in [6.45, 7) is 8.43. The molecule has 1 aromatic carbocycles. The Morgan fingerprint density at radius 3 is 2.61 bits per heavy atom. The Labute approximate surface area is 144 Å². The van der Waals surface area contributed by atoms with Gasteiger partial charge >= 0.3 is 0 Å². The minimum absolute atomic E-state index is 0. The molecule has 0 aliphatic carbocycles. The van der Waals surface area contributed by atoms with Crippen LogP contribution in [0, 0.1) is 0 Å². The molecule has 2 aromatic rings. The number of anilines is 1. The SMILES string of the molecule is CCCC(N)C(=O)Nc1ccc2c(c1)nc(C(C)(C)C)n2C.Cl. The molecular formula is C17H27ClN4O. The monoisotopic (exact) mass is 338 g/mol. The largest absolute Gasteiger partial charge is 0.331 e. The maximum atomic E-state index is 12.0. The second-order valence-electron chi connectivity index (χ2n) is 6.83. The summed E-state index contributed by atoms with van der Waals surface area (Å²) < 4.78 is 2.10. The second kappa shape index (κ2) is 7.32. The molecule has 0 saturated heterocycles. The molecule has 0 fully saturated rings. The Morgan fingerprint density at radius 1 is 1.39 bits per heavy atom. The number of nitrogens with one attached hydrogen (secondary N) is 1. The lowest BCUT2D eigenvalue weighted by Gasteiger charge is -2.17. The molecule has 23 heavy (non-hydrogen) atoms. The first-order valence-electron chi connectivity index (χ1n) is 7.77. The van der Waals surface area contributed by atoms with E-state index in [9.17, 15) is 4.79 Å². The van der Waals surface area contributed by atoms with Crippen LogP contribution in [-0.4, -0.2) is 21.5 Å². The van der Waals surface area contributed by atoms with E-state index >= 15 is 0 Å². The first-order chi connectivity index (χ1) is 10.2. The van der Waals surface area contributed by atoms with Gasteiger partial charge in [0.2, 0.25) is 5.91 Å². The van der Waals surface area contributed by atoms with Gasteiger partial charge in [0.15, 0.2) is 0 Å². The molecule has 0 radical (unpaired) electrons. The number of hydrogen-bond donors (Lipinski definition) is 2. The summed E-state index contributed by atoms with van der Waals surface area (Å²) in [6.07, 6.45) is 1.58. The Hall–Kier alpha value is -1.59. The lowest BCUT2D eigenvalue weighted by Crippen LogP contribution is -2.35. The Kier molecular flexibility index (Phi) is 6.19. The standard InChI is InChI=1S/C17H26N4O.ClH/c1-6-7-12(18)15(22)19-11-8-9-14-13(10-11)20-16(21(14)5)17(2,3)4;/h8-10,12H,6-7,18H2,1-5H3,(H,19,22);1H. The zero-order chi connectivity index (χ0) is 16.5. The van der Waals surface area contributed by atoms with Gasteiger partial charge in [-0.3, -0.25) is 4.79 Å². The number of nitrogens with zero attached hydrogens (tertiary/aromatic N) is 2. The van der Waals surface area contributed by atoms with Crippen molar-refractivity contribution in [1.29, 1.82) is 0 Å². The van der Waals surface area contributed by atoms with Crippen LogP contribution in [-0.2, 0) is 17.3 Å². The zero-order valence-electron chi connectivity index (χ0n) is 14.5. The lowest BCUT2D eigenvalue weighted by molar-refractivity contribution is -0.117. The number of halogens is 1. The number of hydrogen-bond acceptors (Lipinski definition) is 3. The van der Waals surface area contributed by atoms with Crippen LogP contribution in [0.15, 0.2) is 18.2 Å². The van der Waals surface area contributed by atoms with Crippen LogP contribution < -0.4 is 11.1 Å². The number of amides is 1. The second-order valence-corrected chi connectivity index (χ2v) is 6.83. The van der Waals surface area contributed by atoms with Crippen LogP contribution in [0.2, 0.25) is 0 Å². The molecule has 1 unspecified atom stereocenters. The fraction of sp³-hybridized carbons (Fsp3) is 0.529. The summed E-state index contributed by atoms with van der Waals surface area (Å²) >= 11 is 0. The van der Waals surface area contributed by atoms with Crippen LogP contribution in [0.1, 0.15) is 46.4 Å². The van der Waals surface area contributed by atoms with Crippen molar-refractivity contribution in [2.24, 2.45) is 12.8 Å². The molecule has 1 amide bonds. The normalized spacial score (nSPS) is 12.8. The van der Waals surface area contributed by atoms with Gasteiger partial charge < -0.3 is 15.6 Å². The molecule has 0 saturated carbocycles. The van der Waals surface area contributed by atoms with Crippen LogP contribution in [0.25, 0.3) is 11.0 Å². The van der Waals surface area contributed by atoms with E-state index in [4.69, 9.17) is 10.7 Å². The molecule has 0 spiro atoms. The van der Waals surface area contributed by atoms with E-state index in [0.717, 1.165) is 29.0 Å². The number of aryl methyl sites for hydroxylation is 1. The fourth-order valence-corrected chi connectivity index (χ4v) is 2.63. The molecule has 5 nitrogen and oxygen atoms in total. The van der Waals surface area contributed by atoms with Gasteiger partial charge in [0.25, 0.3) is 0 Å². The molecule has 0 aliphatic rings. The van der Waals surface area contributed by atoms with E-state index in [1.807, 2.05) is 32.2 Å². The number of nitrogens with two attached hydrogens (primary N) is 1. The quantitative estimate of drug-likeness (QED) is 0.897. The number of carbonyl (C=O) groups excluding carboxylic acids is 1. The molecule has 1 atom stereocenters. The van der Waals surface area contributed by atoms with Gasteiger partial charge in [-0.2, -0.15) is 0 Å². The average molecular weight is 339 g/mol. The maximum absolute atomic E-state index is 12.0. The molecule has 0 bridgehead atoms. The third kappa shape index (κ3) is 4.24. The highest BCUT2D eigenvalue weighted by Crippen LogP contribution is 2.26. The molecule has 1 aromatic heterocycles. The van der Waals surface area contributed by atoms with E-state index in [1.165, 1.54) is 0 Å². The van der Waals surface area contributed by atoms with Gasteiger partial charge in [-0.05, 0) is 24.6 Å². The van der Waals surface area contributed by atoms with Gasteiger partial charge in [-0.25, -0.2) is 4.98 Å². The number of fused-ring (bicyclic) bond motifs is 1. The van der Waals surface area contributed by atoms with Gasteiger partial charge in [0.1, 0.15) is 5.82 Å². The van der Waals surface area contributed by atoms with Crippen molar-refractivity contribution in [2.45, 2.75) is 52.0 Å². The summed E-state index contributed by atoms with van der Waals surface area (Å²) in [5.41, 5.74) is 8.49. The van der Waals surface area contributed by atoms with Gasteiger partial charge in [0.05, 0.1) is 17.1 Å². The Morgan fingerprint density at radius 2 is 2.04 bits per heavy atom. The zero-order valence-corrected chi connectivity index (χ0v) is 15.3. The van der Waals surface area contributed by atoms with Crippen molar-refractivity contribution in [1.82, 2.24) is 9.55 Å². The number of aromatic nitrogens is 2. The smallest absolute Gasteiger partial charge is 0.241 e. The van der Waals surface area contributed by atoms with Crippen molar-refractivity contribution in [2.75, 3.05) is 5.32 Å². The molecular weight excluding hydrogens is 312 g/mol. The molecule has 1 heterocycles. The topological polar surface area (TPSA) is 72.9 Å². The van der Waals surface area contributed by atoms with Crippen molar-refractivity contribution in [3.8, 4) is 0 Å². The summed E-state index contributed by atoms with van der Waals surface area (Å²) in [5.74, 6) is 0.877. The number of carbonyl (C=O) groups is 1. The molecule has 128 valence electrons. The van der Waals surface area contributed by atoms with Gasteiger partial charge in [0, 0.05) is 18.2 Å². The van der Waals surface area contributed by atoms with E-state index in [-0.39, 0.29) is 23.7 Å². The third-order valence-electron chi connectivity index (χ3n) is 3.76. The summed E-state index contributed by atoms with van der Waals surface area (Å²) in [4.78, 5) is 16.7. The van der Waals surface area contributed by atoms with Crippen molar-refractivity contribution >= 4 is 35.0 Å². The van der Waals surface area contributed by atoms with E-state index in [2.05, 4.69) is 30.7 Å². The van der Waals surface area contributed by atoms with E-state index in [1.54, 1.807) is 0 Å². The number of benzene rings is 1. The van der Waals surface area contributed by atoms with E-state index < -0.39 is 6.04 Å². The molecule has 6 heteroatoms. The highest BCUT2D eigenvalue weighted by atomic mass is 35.5. The summed E-state index contributed by atoms with van der Waals surface area (Å²) in [6, 6.07) is 5.32. The highest BCUT2D eigenvalue weighted by Gasteiger charge is 2.21. The molecule has 2 rings (SSSR count). The first kappa shape index (κ1) is 19.5. The summed E-state index contributed by atoms with van der Waals surface area (Å²) in [5, 5.41) is 2.87. The minimum atomic E-state index is -0.463. The number of imidazole rings is 1. The van der Waals surface area contributed by atoms with Crippen LogP contribution >= 0.6 is 12.4 Å². The lowest BCUT2D eigenvalue weighted by atomic mass is 9.96. The molecule has 3 N–H and O–H groups in total. The summed E-state index contributed by atoms with van der Waals surface area (Å²) in [7, 11) is 2.02. The predicted octanol–water partition coefficient (Wildman–Crippen LogP) is 3.36. The van der Waals surface area contributed by atoms with Gasteiger partial charge in [-0.1, -0.05) is 34.1 Å². The van der Waals surface area contributed by atoms with Crippen LogP contribution in [0.3, 0.4) is 0 Å². The predicted molar refractivity (Wildman–Crippen MR) is 98.2 cm³/mol. The van der Waals surface area contributed by atoms with E-state index in [0.29, 0.717) is 6.42 Å². The van der Waals surface area contributed by atoms with Crippen molar-refractivity contribution in [3.05, 3.63) is 24.0 Å². The minimum Gasteiger partial charge on any atom is -0.331 e. The third-order valence-corrected chi connectivity index (χ3v) is 3.76. The maximum Gasteiger partial charge on any atom is 0.241 e. The van der Waals surface area contributed by atoms with Crippen LogP contribution in [0.5, 0.6) is 0 Å². The van der Waals surface area contributed by atoms with Crippen molar-refractivity contribution in [3.63, 3.8) is 0 Å². The fourth-order valence-electron chi connectivity index (χ4n) is 2.63. The first-order valence-corrected chi connectivity index (χ1v) is 7.77. The average Bonchev–Trinajstić information content (AvgIpc) is 2.76. The van der Waals surface area contributed by atoms with Crippen molar-refractivity contribution < 1.29 is 4.79 Å². The highest BCUT2D eigenvalue weighted by molar-refractivity contribution is 5.96. The molecule has 0 aliphatic heterocycles. The Bertz CT molecular complexity index is 688.